The van der Waals surface area contributed by atoms with Crippen LogP contribution in [0.5, 0.6) is 0 Å². The highest BCUT2D eigenvalue weighted by molar-refractivity contribution is 7.17. The number of benzene rings is 1. The van der Waals surface area contributed by atoms with Crippen molar-refractivity contribution >= 4 is 45.8 Å². The van der Waals surface area contributed by atoms with Gasteiger partial charge in [0, 0.05) is 27.3 Å². The number of hydrogen-bond donors (Lipinski definition) is 2. The molecular formula is C22H17N3O3S2. The molecule has 1 aromatic carbocycles. The highest BCUT2D eigenvalue weighted by atomic mass is 32.1. The lowest BCUT2D eigenvalue weighted by Crippen LogP contribution is -2.34. The summed E-state index contributed by atoms with van der Waals surface area (Å²) in [6.45, 7) is 0.594. The van der Waals surface area contributed by atoms with E-state index in [2.05, 4.69) is 11.4 Å². The Morgan fingerprint density at radius 3 is 2.70 bits per heavy atom. The molecule has 0 unspecified atom stereocenters. The average molecular weight is 436 g/mol. The Labute approximate surface area is 181 Å². The van der Waals surface area contributed by atoms with Crippen LogP contribution in [0.15, 0.2) is 48.5 Å². The van der Waals surface area contributed by atoms with Crippen molar-refractivity contribution < 1.29 is 14.7 Å². The van der Waals surface area contributed by atoms with Crippen molar-refractivity contribution in [3.63, 3.8) is 0 Å². The molecule has 1 aliphatic heterocycles. The van der Waals surface area contributed by atoms with Crippen LogP contribution in [-0.4, -0.2) is 28.6 Å². The van der Waals surface area contributed by atoms with Gasteiger partial charge in [0.25, 0.3) is 0 Å². The van der Waals surface area contributed by atoms with Gasteiger partial charge in [0.15, 0.2) is 0 Å². The van der Waals surface area contributed by atoms with Crippen molar-refractivity contribution in [2.24, 2.45) is 0 Å². The number of anilines is 1. The van der Waals surface area contributed by atoms with Crippen molar-refractivity contribution in [1.82, 2.24) is 4.90 Å². The second kappa shape index (κ2) is 8.53. The third-order valence-electron chi connectivity index (χ3n) is 4.76. The molecule has 1 aliphatic rings. The van der Waals surface area contributed by atoms with E-state index in [1.807, 2.05) is 42.5 Å². The summed E-state index contributed by atoms with van der Waals surface area (Å²) in [7, 11) is 0. The van der Waals surface area contributed by atoms with Gasteiger partial charge in [0.2, 0.25) is 5.91 Å². The zero-order valence-electron chi connectivity index (χ0n) is 15.8. The molecule has 150 valence electrons. The molecule has 0 aliphatic carbocycles. The maximum absolute atomic E-state index is 12.4. The molecule has 2 aromatic heterocycles. The summed E-state index contributed by atoms with van der Waals surface area (Å²) in [5.41, 5.74) is 2.40. The molecule has 6 nitrogen and oxygen atoms in total. The molecule has 0 spiro atoms. The molecule has 30 heavy (non-hydrogen) atoms. The fraction of sp³-hybridized carbons (Fsp3) is 0.136. The minimum Gasteiger partial charge on any atom is -0.465 e. The number of hydrogen-bond acceptors (Lipinski definition) is 5. The van der Waals surface area contributed by atoms with Gasteiger partial charge >= 0.3 is 6.09 Å². The molecular weight excluding hydrogens is 418 g/mol. The molecule has 0 saturated heterocycles. The number of carboxylic acid groups (broad SMARTS) is 1. The molecule has 3 heterocycles. The van der Waals surface area contributed by atoms with Crippen LogP contribution in [0.25, 0.3) is 16.5 Å². The number of carbonyl (C=O) groups excluding carboxylic acids is 1. The maximum atomic E-state index is 12.4. The van der Waals surface area contributed by atoms with Gasteiger partial charge in [-0.1, -0.05) is 30.3 Å². The largest absolute Gasteiger partial charge is 0.465 e. The first-order valence-corrected chi connectivity index (χ1v) is 10.9. The van der Waals surface area contributed by atoms with Crippen molar-refractivity contribution in [2.45, 2.75) is 13.0 Å². The van der Waals surface area contributed by atoms with Crippen LogP contribution in [-0.2, 0) is 17.8 Å². The number of nitriles is 1. The highest BCUT2D eigenvalue weighted by Crippen LogP contribution is 2.36. The summed E-state index contributed by atoms with van der Waals surface area (Å²) in [5, 5.41) is 22.0. The summed E-state index contributed by atoms with van der Waals surface area (Å²) in [5.74, 6) is -0.324. The van der Waals surface area contributed by atoms with Gasteiger partial charge < -0.3 is 15.3 Å². The Morgan fingerprint density at radius 2 is 1.97 bits per heavy atom. The Balaban J connectivity index is 1.47. The number of carbonyl (C=O) groups is 2. The zero-order chi connectivity index (χ0) is 21.1. The van der Waals surface area contributed by atoms with Crippen LogP contribution in [0.3, 0.4) is 0 Å². The fourth-order valence-electron chi connectivity index (χ4n) is 3.28. The predicted octanol–water partition coefficient (Wildman–Crippen LogP) is 5.04. The fourth-order valence-corrected chi connectivity index (χ4v) is 5.42. The van der Waals surface area contributed by atoms with Crippen molar-refractivity contribution in [3.8, 4) is 16.5 Å². The number of rotatable bonds is 4. The SMILES string of the molecule is N#Cc1c(NC(=O)C=Cc2ccc(-c3ccccc3)s2)sc2c1CCN(C(=O)O)C2. The Morgan fingerprint density at radius 1 is 1.17 bits per heavy atom. The monoisotopic (exact) mass is 435 g/mol. The maximum Gasteiger partial charge on any atom is 0.407 e. The highest BCUT2D eigenvalue weighted by Gasteiger charge is 2.27. The van der Waals surface area contributed by atoms with Gasteiger partial charge in [-0.25, -0.2) is 4.79 Å². The average Bonchev–Trinajstić information content (AvgIpc) is 3.36. The van der Waals surface area contributed by atoms with Crippen LogP contribution < -0.4 is 5.32 Å². The first-order valence-electron chi connectivity index (χ1n) is 9.22. The summed E-state index contributed by atoms with van der Waals surface area (Å²) in [6.07, 6.45) is 2.69. The van der Waals surface area contributed by atoms with E-state index in [4.69, 9.17) is 0 Å². The van der Waals surface area contributed by atoms with Gasteiger partial charge in [-0.3, -0.25) is 4.79 Å². The van der Waals surface area contributed by atoms with Crippen LogP contribution in [0.2, 0.25) is 0 Å². The predicted molar refractivity (Wildman–Crippen MR) is 119 cm³/mol. The summed E-state index contributed by atoms with van der Waals surface area (Å²) in [6, 6.07) is 16.2. The molecule has 0 saturated carbocycles. The molecule has 0 atom stereocenters. The molecule has 8 heteroatoms. The van der Waals surface area contributed by atoms with E-state index in [-0.39, 0.29) is 12.5 Å². The first-order chi connectivity index (χ1) is 14.5. The lowest BCUT2D eigenvalue weighted by Gasteiger charge is -2.23. The zero-order valence-corrected chi connectivity index (χ0v) is 17.4. The van der Waals surface area contributed by atoms with E-state index < -0.39 is 6.09 Å². The van der Waals surface area contributed by atoms with Crippen molar-refractivity contribution in [2.75, 3.05) is 11.9 Å². The number of nitrogens with one attached hydrogen (secondary N) is 1. The van der Waals surface area contributed by atoms with Gasteiger partial charge in [0.05, 0.1) is 12.1 Å². The van der Waals surface area contributed by atoms with Crippen molar-refractivity contribution in [3.05, 3.63) is 69.4 Å². The normalized spacial score (nSPS) is 13.1. The third kappa shape index (κ3) is 4.13. The lowest BCUT2D eigenvalue weighted by atomic mass is 10.0. The standard InChI is InChI=1S/C22H17N3O3S2/c23-12-17-16-10-11-25(22(27)28)13-19(16)30-21(17)24-20(26)9-7-15-6-8-18(29-15)14-4-2-1-3-5-14/h1-9H,10-11,13H2,(H,24,26)(H,27,28). The second-order valence-electron chi connectivity index (χ2n) is 6.66. The van der Waals surface area contributed by atoms with E-state index in [1.54, 1.807) is 17.4 Å². The summed E-state index contributed by atoms with van der Waals surface area (Å²) in [4.78, 5) is 27.8. The van der Waals surface area contributed by atoms with E-state index in [1.165, 1.54) is 22.3 Å². The van der Waals surface area contributed by atoms with Crippen LogP contribution >= 0.6 is 22.7 Å². The molecule has 2 N–H and O–H groups in total. The van der Waals surface area contributed by atoms with Gasteiger partial charge in [-0.2, -0.15) is 5.26 Å². The Kier molecular flexibility index (Phi) is 5.65. The molecule has 0 fully saturated rings. The van der Waals surface area contributed by atoms with Gasteiger partial charge in [0.1, 0.15) is 11.1 Å². The lowest BCUT2D eigenvalue weighted by molar-refractivity contribution is -0.111. The van der Waals surface area contributed by atoms with E-state index in [0.717, 1.165) is 25.8 Å². The number of fused-ring (bicyclic) bond motifs is 1. The summed E-state index contributed by atoms with van der Waals surface area (Å²) < 4.78 is 0. The number of nitrogens with zero attached hydrogens (tertiary/aromatic N) is 2. The first kappa shape index (κ1) is 19.9. The Hall–Kier alpha value is -3.41. The van der Waals surface area contributed by atoms with E-state index >= 15 is 0 Å². The topological polar surface area (TPSA) is 93.4 Å². The molecule has 0 radical (unpaired) electrons. The Bertz CT molecular complexity index is 1170. The second-order valence-corrected chi connectivity index (χ2v) is 8.89. The molecule has 2 amide bonds. The van der Waals surface area contributed by atoms with E-state index in [9.17, 15) is 20.0 Å². The smallest absolute Gasteiger partial charge is 0.407 e. The number of thiophene rings is 2. The minimum absolute atomic E-state index is 0.243. The van der Waals surface area contributed by atoms with E-state index in [0.29, 0.717) is 23.5 Å². The van der Waals surface area contributed by atoms with Crippen molar-refractivity contribution in [1.29, 1.82) is 5.26 Å². The quantitative estimate of drug-likeness (QED) is 0.562. The molecule has 4 rings (SSSR count). The van der Waals surface area contributed by atoms with Crippen LogP contribution in [0.4, 0.5) is 9.80 Å². The molecule has 3 aromatic rings. The van der Waals surface area contributed by atoms with Crippen LogP contribution in [0, 0.1) is 11.3 Å². The van der Waals surface area contributed by atoms with Crippen LogP contribution in [0.1, 0.15) is 20.9 Å². The minimum atomic E-state index is -0.980. The molecule has 0 bridgehead atoms. The number of amides is 2. The van der Waals surface area contributed by atoms with Gasteiger partial charge in [-0.15, -0.1) is 22.7 Å². The van der Waals surface area contributed by atoms with Gasteiger partial charge in [-0.05, 0) is 35.8 Å². The summed E-state index contributed by atoms with van der Waals surface area (Å²) >= 11 is 2.86. The third-order valence-corrected chi connectivity index (χ3v) is 6.99.